The van der Waals surface area contributed by atoms with Gasteiger partial charge in [-0.25, -0.2) is 0 Å². The van der Waals surface area contributed by atoms with Crippen LogP contribution in [0.15, 0.2) is 532 Å². The molecule has 6 aromatic heterocycles. The third-order valence-electron chi connectivity index (χ3n) is 31.4. The average Bonchev–Trinajstić information content (AvgIpc) is 0.792. The predicted molar refractivity (Wildman–Crippen MR) is 627 cm³/mol. The van der Waals surface area contributed by atoms with E-state index in [-0.39, 0.29) is 0 Å². The summed E-state index contributed by atoms with van der Waals surface area (Å²) in [5, 5.41) is 14.0. The van der Waals surface area contributed by atoms with Crippen molar-refractivity contribution in [2.75, 3.05) is 0 Å². The van der Waals surface area contributed by atoms with Crippen molar-refractivity contribution in [3.63, 3.8) is 0 Å². The average molecular weight is 1930 g/mol. The van der Waals surface area contributed by atoms with Crippen molar-refractivity contribution in [2.24, 2.45) is 0 Å². The minimum absolute atomic E-state index is 0.907. The lowest BCUT2D eigenvalue weighted by Crippen LogP contribution is -1.98. The first-order chi connectivity index (χ1) is 74.3. The van der Waals surface area contributed by atoms with Crippen LogP contribution in [0.4, 0.5) is 0 Å². The number of hydrogen-bond acceptors (Lipinski definition) is 6. The minimum atomic E-state index is 0.907. The Hall–Kier alpha value is -19.5. The van der Waals surface area contributed by atoms with E-state index in [2.05, 4.69) is 455 Å². The van der Waals surface area contributed by atoms with Gasteiger partial charge in [0.15, 0.2) is 0 Å². The fraction of sp³-hybridized carbons (Fsp3) is 0. The fourth-order valence-electron chi connectivity index (χ4n) is 24.3. The third-order valence-corrected chi connectivity index (χ3v) is 32.6. The quantitative estimate of drug-likeness (QED) is 0.166. The van der Waals surface area contributed by atoms with Crippen LogP contribution < -0.4 is 0 Å². The number of rotatable bonds is 6. The molecular formula is C144H84O5S. The zero-order chi connectivity index (χ0) is 98.3. The van der Waals surface area contributed by atoms with E-state index >= 15 is 0 Å². The Morgan fingerprint density at radius 2 is 0.287 bits per heavy atom. The van der Waals surface area contributed by atoms with E-state index in [1.165, 1.54) is 204 Å². The van der Waals surface area contributed by atoms with Crippen LogP contribution in [0, 0.1) is 0 Å². The molecule has 0 fully saturated rings. The van der Waals surface area contributed by atoms with E-state index < -0.39 is 0 Å². The van der Waals surface area contributed by atoms with Crippen LogP contribution in [-0.4, -0.2) is 0 Å². The maximum Gasteiger partial charge on any atom is 0.143 e. The van der Waals surface area contributed by atoms with Crippen LogP contribution in [0.25, 0.3) is 330 Å². The molecule has 0 atom stereocenters. The zero-order valence-corrected chi connectivity index (χ0v) is 81.8. The van der Waals surface area contributed by atoms with Gasteiger partial charge in [0.05, 0.1) is 0 Å². The lowest BCUT2D eigenvalue weighted by molar-refractivity contribution is 0.668. The second kappa shape index (κ2) is 34.1. The van der Waals surface area contributed by atoms with Crippen LogP contribution in [0.1, 0.15) is 0 Å². The van der Waals surface area contributed by atoms with Crippen molar-refractivity contribution < 1.29 is 22.1 Å². The Bertz CT molecular complexity index is 10200. The molecule has 30 aromatic rings. The molecule has 0 N–H and O–H groups in total. The molecule has 0 radical (unpaired) electrons. The molecule has 24 aromatic carbocycles. The molecule has 0 unspecified atom stereocenters. The smallest absolute Gasteiger partial charge is 0.143 e. The molecule has 5 nitrogen and oxygen atoms in total. The summed E-state index contributed by atoms with van der Waals surface area (Å²) in [5.41, 5.74) is 52.8. The van der Waals surface area contributed by atoms with Crippen LogP contribution in [0.5, 0.6) is 0 Å². The van der Waals surface area contributed by atoms with Gasteiger partial charge < -0.3 is 22.1 Å². The van der Waals surface area contributed by atoms with Gasteiger partial charge >= 0.3 is 0 Å². The summed E-state index contributed by atoms with van der Waals surface area (Å²) in [5.74, 6) is 0. The topological polar surface area (TPSA) is 65.7 Å². The molecule has 0 spiro atoms. The van der Waals surface area contributed by atoms with Crippen molar-refractivity contribution in [2.45, 2.75) is 0 Å². The Labute approximate surface area is 866 Å². The monoisotopic (exact) mass is 1920 g/mol. The molecule has 0 saturated carbocycles. The zero-order valence-electron chi connectivity index (χ0n) is 80.9. The third kappa shape index (κ3) is 13.8. The van der Waals surface area contributed by atoms with Crippen LogP contribution in [0.2, 0.25) is 0 Å². The summed E-state index contributed by atoms with van der Waals surface area (Å²) in [6, 6.07) is 185. The van der Waals surface area contributed by atoms with E-state index in [0.29, 0.717) is 0 Å². The molecule has 0 bridgehead atoms. The largest absolute Gasteiger partial charge is 0.456 e. The first kappa shape index (κ1) is 85.0. The SMILES string of the molecule is c1ccc2c(c1)-c1ccccc1-c1cc(-c3ccc4oc5ccccc5c4c3)ccc1-c1cc(-c3ccc4oc5ccccc5c4c3)ccc1-2.c1ccc2c(c1)-c1ccccc1-c1cc(-c3ccc4oc5ccccc5c4c3)ccc1-c1cc(-c3ccc4sc5ccccc5c4c3)ccc1-2.c1ccc2c(c1)-c1ccccc1-c1cc(-c3ccc4oc5ccccc5c4c3)ccc1-c1cc(-c3cccc4c3oc3ccccc34)ccc1-2. The summed E-state index contributed by atoms with van der Waals surface area (Å²) < 4.78 is 33.8. The summed E-state index contributed by atoms with van der Waals surface area (Å²) >= 11 is 1.87. The lowest BCUT2D eigenvalue weighted by atomic mass is 9.79. The second-order valence-corrected chi connectivity index (χ2v) is 40.7. The molecule has 0 aliphatic heterocycles. The van der Waals surface area contributed by atoms with Gasteiger partial charge in [-0.05, 0) is 328 Å². The van der Waals surface area contributed by atoms with Crippen LogP contribution in [0.3, 0.4) is 0 Å². The van der Waals surface area contributed by atoms with Crippen molar-refractivity contribution in [1.29, 1.82) is 0 Å². The molecular weight excluding hydrogens is 1840 g/mol. The summed E-state index contributed by atoms with van der Waals surface area (Å²) in [4.78, 5) is 0. The van der Waals surface area contributed by atoms with Gasteiger partial charge in [-0.1, -0.05) is 376 Å². The van der Waals surface area contributed by atoms with Gasteiger partial charge in [0.1, 0.15) is 55.8 Å². The molecule has 6 heterocycles. The van der Waals surface area contributed by atoms with Crippen molar-refractivity contribution in [3.05, 3.63) is 510 Å². The number of thiophene rings is 1. The lowest BCUT2D eigenvalue weighted by Gasteiger charge is -2.24. The highest BCUT2D eigenvalue weighted by Gasteiger charge is 2.30. The Kier molecular flexibility index (Phi) is 19.3. The van der Waals surface area contributed by atoms with Gasteiger partial charge in [0.25, 0.3) is 0 Å². The maximum atomic E-state index is 6.51. The van der Waals surface area contributed by atoms with Gasteiger partial charge in [0, 0.05) is 79.6 Å². The van der Waals surface area contributed by atoms with E-state index in [1.54, 1.807) is 0 Å². The van der Waals surface area contributed by atoms with E-state index in [9.17, 15) is 0 Å². The number of furan rings is 5. The summed E-state index contributed by atoms with van der Waals surface area (Å²) in [6.07, 6.45) is 0. The fourth-order valence-corrected chi connectivity index (χ4v) is 25.4. The number of hydrogen-bond donors (Lipinski definition) is 0. The Morgan fingerprint density at radius 1 is 0.100 bits per heavy atom. The predicted octanol–water partition coefficient (Wildman–Crippen LogP) is 41.9. The minimum Gasteiger partial charge on any atom is -0.456 e. The number of benzene rings is 24. The molecule has 150 heavy (non-hydrogen) atoms. The number of para-hydroxylation sites is 6. The molecule has 696 valence electrons. The normalized spacial score (nSPS) is 12.0. The van der Waals surface area contributed by atoms with E-state index in [4.69, 9.17) is 22.1 Å². The number of fused-ring (bicyclic) bond motifs is 42. The first-order valence-corrected chi connectivity index (χ1v) is 52.1. The van der Waals surface area contributed by atoms with Crippen molar-refractivity contribution >= 4 is 141 Å². The summed E-state index contributed by atoms with van der Waals surface area (Å²) in [7, 11) is 0. The second-order valence-electron chi connectivity index (χ2n) is 39.7. The van der Waals surface area contributed by atoms with Crippen LogP contribution in [-0.2, 0) is 0 Å². The highest BCUT2D eigenvalue weighted by molar-refractivity contribution is 7.25. The molecule has 33 rings (SSSR count). The Morgan fingerprint density at radius 3 is 0.600 bits per heavy atom. The highest BCUT2D eigenvalue weighted by atomic mass is 32.1. The van der Waals surface area contributed by atoms with Crippen LogP contribution >= 0.6 is 11.3 Å². The molecule has 3 aliphatic rings. The molecule has 0 saturated heterocycles. The van der Waals surface area contributed by atoms with Gasteiger partial charge in [-0.15, -0.1) is 11.3 Å². The highest BCUT2D eigenvalue weighted by Crippen LogP contribution is 2.57. The Balaban J connectivity index is 0.000000101. The molecule has 3 aliphatic carbocycles. The summed E-state index contributed by atoms with van der Waals surface area (Å²) in [6.45, 7) is 0. The maximum absolute atomic E-state index is 6.51. The first-order valence-electron chi connectivity index (χ1n) is 51.2. The van der Waals surface area contributed by atoms with Gasteiger partial charge in [-0.3, -0.25) is 0 Å². The van der Waals surface area contributed by atoms with Crippen molar-refractivity contribution in [3.8, 4) is 200 Å². The van der Waals surface area contributed by atoms with E-state index in [0.717, 1.165) is 126 Å². The van der Waals surface area contributed by atoms with Crippen molar-refractivity contribution in [1.82, 2.24) is 0 Å². The van der Waals surface area contributed by atoms with E-state index in [1.807, 2.05) is 65.9 Å². The van der Waals surface area contributed by atoms with Gasteiger partial charge in [-0.2, -0.15) is 0 Å². The molecule has 6 heteroatoms. The van der Waals surface area contributed by atoms with Gasteiger partial charge in [0.2, 0.25) is 0 Å². The molecule has 0 amide bonds. The standard InChI is InChI=1S/2C48H28O2.C48H28OS/c1-2-12-35-33(10-1)34-11-3-4-13-36(34)42-26-29(30-22-25-47-44(27-30)40-15-6-7-18-45(40)49-47)20-23-38(42)43-28-31(21-24-37(35)43)32-16-9-17-41-39-14-5-8-19-46(39)50-48(32)41;1-2-11-35-33(9-1)34-10-3-4-12-36(34)41-25-30(32-20-24-48-44(28-32)40-14-6-8-16-46(40)50-48)18-22-38(41)42-26-29(17-21-37(35)42)31-19-23-47-43(27-31)39-13-5-7-15-45(39)49-47;1-2-11-35-33(9-1)34-10-3-4-12-36(34)41-25-29(31-19-23-46-43(27-31)39-13-5-7-15-45(39)49-46)18-22-38(41)42-26-30(17-21-37(35)42)32-20-24-48-44(28-32)40-14-6-8-16-47(40)50-48/h3*1-28H.